The number of aromatic nitrogens is 2. The number of halogens is 3. The molecule has 0 amide bonds. The molecule has 2 N–H and O–H groups in total. The average molecular weight is 397 g/mol. The Labute approximate surface area is 159 Å². The first-order chi connectivity index (χ1) is 12.9. The molecule has 0 radical (unpaired) electrons. The number of hydrogen-bond acceptors (Lipinski definition) is 5. The molecule has 27 heavy (non-hydrogen) atoms. The molecule has 1 aliphatic heterocycles. The van der Waals surface area contributed by atoms with Crippen LogP contribution in [-0.4, -0.2) is 40.6 Å². The van der Waals surface area contributed by atoms with E-state index in [-0.39, 0.29) is 11.8 Å². The van der Waals surface area contributed by atoms with Crippen LogP contribution >= 0.6 is 12.2 Å². The van der Waals surface area contributed by atoms with E-state index in [1.54, 1.807) is 12.4 Å². The fourth-order valence-electron chi connectivity index (χ4n) is 2.80. The van der Waals surface area contributed by atoms with Crippen molar-refractivity contribution in [3.63, 3.8) is 0 Å². The third-order valence-corrected chi connectivity index (χ3v) is 4.25. The topological polar surface area (TPSA) is 62.3 Å². The maximum Gasteiger partial charge on any atom is 0.573 e. The zero-order valence-electron chi connectivity index (χ0n) is 14.2. The Morgan fingerprint density at radius 3 is 2.56 bits per heavy atom. The number of anilines is 2. The van der Waals surface area contributed by atoms with E-state index in [2.05, 4.69) is 25.3 Å². The predicted molar refractivity (Wildman–Crippen MR) is 99.7 cm³/mol. The molecule has 0 aromatic carbocycles. The predicted octanol–water partition coefficient (Wildman–Crippen LogP) is 3.33. The summed E-state index contributed by atoms with van der Waals surface area (Å²) in [5.41, 5.74) is 0.817. The van der Waals surface area contributed by atoms with Crippen LogP contribution in [-0.2, 0) is 0 Å². The molecular weight excluding hydrogens is 379 g/mol. The molecule has 3 rings (SSSR count). The number of piperidine rings is 1. The van der Waals surface area contributed by atoms with E-state index in [1.165, 1.54) is 12.1 Å². The Kier molecular flexibility index (Phi) is 5.94. The molecule has 2 aromatic rings. The molecule has 144 valence electrons. The van der Waals surface area contributed by atoms with Crippen molar-refractivity contribution >= 4 is 28.8 Å². The number of pyridine rings is 2. The van der Waals surface area contributed by atoms with Crippen molar-refractivity contribution in [1.29, 1.82) is 0 Å². The Morgan fingerprint density at radius 2 is 1.96 bits per heavy atom. The van der Waals surface area contributed by atoms with Crippen LogP contribution in [0.15, 0.2) is 42.9 Å². The molecular formula is C17H18F3N5OS. The fraction of sp³-hybridized carbons (Fsp3) is 0.353. The highest BCUT2D eigenvalue weighted by molar-refractivity contribution is 7.80. The van der Waals surface area contributed by atoms with Crippen molar-refractivity contribution in [1.82, 2.24) is 15.3 Å². The van der Waals surface area contributed by atoms with Crippen LogP contribution < -0.4 is 20.3 Å². The first-order valence-corrected chi connectivity index (χ1v) is 8.74. The number of nitrogens with one attached hydrogen (secondary N) is 2. The van der Waals surface area contributed by atoms with Crippen molar-refractivity contribution in [2.45, 2.75) is 25.2 Å². The van der Waals surface area contributed by atoms with Gasteiger partial charge in [-0.25, -0.2) is 4.98 Å². The van der Waals surface area contributed by atoms with Gasteiger partial charge in [-0.3, -0.25) is 4.98 Å². The highest BCUT2D eigenvalue weighted by Gasteiger charge is 2.31. The van der Waals surface area contributed by atoms with Crippen molar-refractivity contribution in [3.8, 4) is 5.75 Å². The molecule has 0 saturated carbocycles. The number of nitrogens with zero attached hydrogens (tertiary/aromatic N) is 3. The lowest BCUT2D eigenvalue weighted by atomic mass is 10.1. The monoisotopic (exact) mass is 397 g/mol. The normalized spacial score (nSPS) is 15.3. The van der Waals surface area contributed by atoms with Crippen LogP contribution in [0.5, 0.6) is 5.75 Å². The summed E-state index contributed by atoms with van der Waals surface area (Å²) in [5.74, 6) is 0.300. The second-order valence-electron chi connectivity index (χ2n) is 6.00. The first-order valence-electron chi connectivity index (χ1n) is 8.33. The zero-order chi connectivity index (χ0) is 19.3. The fourth-order valence-corrected chi connectivity index (χ4v) is 3.08. The van der Waals surface area contributed by atoms with Gasteiger partial charge in [0.2, 0.25) is 0 Å². The lowest BCUT2D eigenvalue weighted by Crippen LogP contribution is -2.46. The van der Waals surface area contributed by atoms with E-state index in [1.807, 2.05) is 17.0 Å². The molecule has 3 heterocycles. The van der Waals surface area contributed by atoms with E-state index < -0.39 is 6.36 Å². The smallest absolute Gasteiger partial charge is 0.404 e. The Hall–Kier alpha value is -2.62. The van der Waals surface area contributed by atoms with Crippen LogP contribution in [0.25, 0.3) is 0 Å². The highest BCUT2D eigenvalue weighted by Crippen LogP contribution is 2.24. The standard InChI is InChI=1S/C17H18F3N5OS/c18-17(19,20)26-14-3-4-15(22-11-14)25-8-5-12(6-9-25)23-16(27)24-13-2-1-7-21-10-13/h1-4,7,10-12H,5-6,8-9H2,(H2,23,24,27). The van der Waals surface area contributed by atoms with Gasteiger partial charge in [0.15, 0.2) is 5.11 Å². The van der Waals surface area contributed by atoms with Crippen LogP contribution in [0.1, 0.15) is 12.8 Å². The van der Waals surface area contributed by atoms with E-state index >= 15 is 0 Å². The summed E-state index contributed by atoms with van der Waals surface area (Å²) in [5, 5.41) is 6.89. The molecule has 10 heteroatoms. The number of alkyl halides is 3. The zero-order valence-corrected chi connectivity index (χ0v) is 15.1. The molecule has 0 spiro atoms. The van der Waals surface area contributed by atoms with Crippen molar-refractivity contribution in [2.75, 3.05) is 23.3 Å². The van der Waals surface area contributed by atoms with Gasteiger partial charge >= 0.3 is 6.36 Å². The largest absolute Gasteiger partial charge is 0.573 e. The number of ether oxygens (including phenoxy) is 1. The van der Waals surface area contributed by atoms with Crippen molar-refractivity contribution < 1.29 is 17.9 Å². The molecule has 1 fully saturated rings. The van der Waals surface area contributed by atoms with E-state index in [9.17, 15) is 13.2 Å². The molecule has 1 aliphatic rings. The number of rotatable bonds is 4. The van der Waals surface area contributed by atoms with Gasteiger partial charge in [-0.1, -0.05) is 0 Å². The summed E-state index contributed by atoms with van der Waals surface area (Å²) >= 11 is 5.32. The van der Waals surface area contributed by atoms with E-state index in [0.717, 1.165) is 37.8 Å². The van der Waals surface area contributed by atoms with Gasteiger partial charge in [0.1, 0.15) is 11.6 Å². The summed E-state index contributed by atoms with van der Waals surface area (Å²) in [6, 6.07) is 6.71. The minimum absolute atomic E-state index is 0.214. The Morgan fingerprint density at radius 1 is 1.19 bits per heavy atom. The lowest BCUT2D eigenvalue weighted by Gasteiger charge is -2.33. The molecule has 0 atom stereocenters. The maximum atomic E-state index is 12.2. The summed E-state index contributed by atoms with van der Waals surface area (Å²) in [7, 11) is 0. The van der Waals surface area contributed by atoms with Crippen molar-refractivity contribution in [2.24, 2.45) is 0 Å². The molecule has 1 saturated heterocycles. The summed E-state index contributed by atoms with van der Waals surface area (Å²) < 4.78 is 40.4. The SMILES string of the molecule is FC(F)(F)Oc1ccc(N2CCC(NC(=S)Nc3cccnc3)CC2)nc1. The second kappa shape index (κ2) is 8.38. The Balaban J connectivity index is 1.46. The van der Waals surface area contributed by atoms with Gasteiger partial charge in [-0.05, 0) is 49.3 Å². The summed E-state index contributed by atoms with van der Waals surface area (Å²) in [4.78, 5) is 10.1. The van der Waals surface area contributed by atoms with Crippen LogP contribution in [0.3, 0.4) is 0 Å². The van der Waals surface area contributed by atoms with Gasteiger partial charge < -0.3 is 20.3 Å². The van der Waals surface area contributed by atoms with Gasteiger partial charge in [-0.15, -0.1) is 13.2 Å². The lowest BCUT2D eigenvalue weighted by molar-refractivity contribution is -0.274. The molecule has 6 nitrogen and oxygen atoms in total. The summed E-state index contributed by atoms with van der Waals surface area (Å²) in [6.45, 7) is 1.44. The Bertz CT molecular complexity index is 749. The molecule has 0 unspecified atom stereocenters. The van der Waals surface area contributed by atoms with Gasteiger partial charge in [0.25, 0.3) is 0 Å². The number of hydrogen-bond donors (Lipinski definition) is 2. The quantitative estimate of drug-likeness (QED) is 0.768. The minimum atomic E-state index is -4.71. The van der Waals surface area contributed by atoms with E-state index in [4.69, 9.17) is 12.2 Å². The van der Waals surface area contributed by atoms with E-state index in [0.29, 0.717) is 10.9 Å². The summed E-state index contributed by atoms with van der Waals surface area (Å²) in [6.07, 6.45) is 1.41. The third-order valence-electron chi connectivity index (χ3n) is 4.03. The third kappa shape index (κ3) is 5.95. The molecule has 0 aliphatic carbocycles. The average Bonchev–Trinajstić information content (AvgIpc) is 2.62. The number of thiocarbonyl (C=S) groups is 1. The molecule has 2 aromatic heterocycles. The second-order valence-corrected chi connectivity index (χ2v) is 6.41. The van der Waals surface area contributed by atoms with Crippen LogP contribution in [0.4, 0.5) is 24.7 Å². The van der Waals surface area contributed by atoms with Crippen molar-refractivity contribution in [3.05, 3.63) is 42.9 Å². The van der Waals surface area contributed by atoms with Gasteiger partial charge in [0.05, 0.1) is 18.1 Å². The van der Waals surface area contributed by atoms with Crippen LogP contribution in [0.2, 0.25) is 0 Å². The molecule has 0 bridgehead atoms. The van der Waals surface area contributed by atoms with Gasteiger partial charge in [-0.2, -0.15) is 0 Å². The van der Waals surface area contributed by atoms with Crippen LogP contribution in [0, 0.1) is 0 Å². The van der Waals surface area contributed by atoms with Gasteiger partial charge in [0, 0.05) is 25.3 Å². The highest BCUT2D eigenvalue weighted by atomic mass is 32.1. The maximum absolute atomic E-state index is 12.2. The minimum Gasteiger partial charge on any atom is -0.404 e. The first kappa shape index (κ1) is 19.2.